The fourth-order valence-electron chi connectivity index (χ4n) is 1.96. The van der Waals surface area contributed by atoms with Gasteiger partial charge in [0.25, 0.3) is 5.92 Å². The van der Waals surface area contributed by atoms with Crippen molar-refractivity contribution in [3.63, 3.8) is 0 Å². The van der Waals surface area contributed by atoms with Gasteiger partial charge in [-0.05, 0) is 11.5 Å². The summed E-state index contributed by atoms with van der Waals surface area (Å²) in [4.78, 5) is 0. The maximum atomic E-state index is 13.3. The Morgan fingerprint density at radius 1 is 1.27 bits per heavy atom. The van der Waals surface area contributed by atoms with Crippen molar-refractivity contribution in [3.05, 3.63) is 35.9 Å². The summed E-state index contributed by atoms with van der Waals surface area (Å²) in [6.45, 7) is 0. The molecule has 0 bridgehead atoms. The number of benzene rings is 1. The van der Waals surface area contributed by atoms with Crippen LogP contribution in [0.2, 0.25) is 0 Å². The summed E-state index contributed by atoms with van der Waals surface area (Å²) in [7, 11) is 0. The van der Waals surface area contributed by atoms with E-state index in [4.69, 9.17) is 5.21 Å². The molecule has 1 saturated carbocycles. The first kappa shape index (κ1) is 10.1. The number of hydrogen-bond acceptors (Lipinski definition) is 2. The first-order chi connectivity index (χ1) is 7.13. The van der Waals surface area contributed by atoms with Crippen molar-refractivity contribution in [2.75, 3.05) is 0 Å². The number of hydrogen-bond donors (Lipinski definition) is 1. The fraction of sp³-hybridized carbons (Fsp3) is 0.364. The molecule has 0 saturated heterocycles. The third-order valence-electron chi connectivity index (χ3n) is 2.76. The van der Waals surface area contributed by atoms with Crippen molar-refractivity contribution < 1.29 is 14.0 Å². The monoisotopic (exact) mass is 211 g/mol. The SMILES string of the molecule is O/N=C1/CC(c2ccccc2)CC1(F)F. The Balaban J connectivity index is 2.24. The van der Waals surface area contributed by atoms with Crippen LogP contribution >= 0.6 is 0 Å². The summed E-state index contributed by atoms with van der Waals surface area (Å²) < 4.78 is 26.5. The van der Waals surface area contributed by atoms with Gasteiger partial charge in [-0.3, -0.25) is 0 Å². The second-order valence-electron chi connectivity index (χ2n) is 3.77. The average Bonchev–Trinajstić information content (AvgIpc) is 2.55. The predicted octanol–water partition coefficient (Wildman–Crippen LogP) is 3.03. The average molecular weight is 211 g/mol. The molecule has 2 rings (SSSR count). The molecule has 0 aromatic heterocycles. The topological polar surface area (TPSA) is 32.6 Å². The molecule has 80 valence electrons. The summed E-state index contributed by atoms with van der Waals surface area (Å²) >= 11 is 0. The Kier molecular flexibility index (Phi) is 2.42. The maximum Gasteiger partial charge on any atom is 0.289 e. The van der Waals surface area contributed by atoms with Crippen molar-refractivity contribution in [1.29, 1.82) is 0 Å². The van der Waals surface area contributed by atoms with Crippen LogP contribution in [0.4, 0.5) is 8.78 Å². The van der Waals surface area contributed by atoms with Crippen molar-refractivity contribution in [1.82, 2.24) is 0 Å². The first-order valence-corrected chi connectivity index (χ1v) is 4.77. The van der Waals surface area contributed by atoms with E-state index >= 15 is 0 Å². The maximum absolute atomic E-state index is 13.3. The predicted molar refractivity (Wildman–Crippen MR) is 52.6 cm³/mol. The van der Waals surface area contributed by atoms with Gasteiger partial charge in [-0.15, -0.1) is 0 Å². The minimum atomic E-state index is -2.96. The minimum Gasteiger partial charge on any atom is -0.411 e. The van der Waals surface area contributed by atoms with Crippen LogP contribution < -0.4 is 0 Å². The molecule has 0 amide bonds. The number of alkyl halides is 2. The zero-order chi connectivity index (χ0) is 10.9. The minimum absolute atomic E-state index is 0.132. The molecule has 4 heteroatoms. The van der Waals surface area contributed by atoms with Crippen LogP contribution in [0.3, 0.4) is 0 Å². The molecular formula is C11H11F2NO. The molecule has 0 radical (unpaired) electrons. The van der Waals surface area contributed by atoms with Crippen molar-refractivity contribution in [3.8, 4) is 0 Å². The number of nitrogens with zero attached hydrogens (tertiary/aromatic N) is 1. The lowest BCUT2D eigenvalue weighted by atomic mass is 9.98. The number of oxime groups is 1. The second kappa shape index (κ2) is 3.61. The lowest BCUT2D eigenvalue weighted by Gasteiger charge is -2.09. The normalized spacial score (nSPS) is 27.1. The molecule has 15 heavy (non-hydrogen) atoms. The molecule has 1 aliphatic rings. The van der Waals surface area contributed by atoms with Gasteiger partial charge < -0.3 is 5.21 Å². The molecule has 2 nitrogen and oxygen atoms in total. The molecule has 1 unspecified atom stereocenters. The van der Waals surface area contributed by atoms with E-state index in [9.17, 15) is 8.78 Å². The van der Waals surface area contributed by atoms with Gasteiger partial charge in [0.05, 0.1) is 0 Å². The molecule has 1 aromatic rings. The number of halogens is 2. The van der Waals surface area contributed by atoms with E-state index in [1.807, 2.05) is 30.3 Å². The van der Waals surface area contributed by atoms with Crippen LogP contribution in [0.5, 0.6) is 0 Å². The van der Waals surface area contributed by atoms with E-state index in [1.54, 1.807) is 0 Å². The number of rotatable bonds is 1. The second-order valence-corrected chi connectivity index (χ2v) is 3.77. The van der Waals surface area contributed by atoms with E-state index in [0.717, 1.165) is 5.56 Å². The van der Waals surface area contributed by atoms with Gasteiger partial charge in [-0.2, -0.15) is 8.78 Å². The Labute approximate surface area is 86.2 Å². The quantitative estimate of drug-likeness (QED) is 0.562. The molecule has 1 N–H and O–H groups in total. The van der Waals surface area contributed by atoms with Crippen LogP contribution in [0.1, 0.15) is 24.3 Å². The van der Waals surface area contributed by atoms with Gasteiger partial charge in [0.15, 0.2) is 0 Å². The highest BCUT2D eigenvalue weighted by Gasteiger charge is 2.46. The molecule has 1 aliphatic carbocycles. The zero-order valence-electron chi connectivity index (χ0n) is 8.03. The Hall–Kier alpha value is -1.45. The molecule has 1 atom stereocenters. The van der Waals surface area contributed by atoms with Crippen LogP contribution in [-0.4, -0.2) is 16.8 Å². The van der Waals surface area contributed by atoms with E-state index in [1.165, 1.54) is 0 Å². The first-order valence-electron chi connectivity index (χ1n) is 4.77. The van der Waals surface area contributed by atoms with Gasteiger partial charge in [-0.25, -0.2) is 0 Å². The molecule has 0 aliphatic heterocycles. The van der Waals surface area contributed by atoms with Gasteiger partial charge >= 0.3 is 0 Å². The molecule has 0 heterocycles. The zero-order valence-corrected chi connectivity index (χ0v) is 8.03. The van der Waals surface area contributed by atoms with Crippen LogP contribution in [0.15, 0.2) is 35.5 Å². The van der Waals surface area contributed by atoms with Crippen LogP contribution in [0, 0.1) is 0 Å². The molecular weight excluding hydrogens is 200 g/mol. The standard InChI is InChI=1S/C11H11F2NO/c12-11(13)7-9(6-10(11)14-15)8-4-2-1-3-5-8/h1-5,9,15H,6-7H2/b14-10-. The van der Waals surface area contributed by atoms with E-state index in [0.29, 0.717) is 0 Å². The van der Waals surface area contributed by atoms with Gasteiger partial charge in [0.1, 0.15) is 5.71 Å². The van der Waals surface area contributed by atoms with Gasteiger partial charge in [-0.1, -0.05) is 35.5 Å². The highest BCUT2D eigenvalue weighted by Crippen LogP contribution is 2.42. The van der Waals surface area contributed by atoms with Crippen LogP contribution in [-0.2, 0) is 0 Å². The summed E-state index contributed by atoms with van der Waals surface area (Å²) in [5.74, 6) is -3.21. The van der Waals surface area contributed by atoms with E-state index in [2.05, 4.69) is 5.16 Å². The van der Waals surface area contributed by atoms with Gasteiger partial charge in [0.2, 0.25) is 0 Å². The molecule has 1 fully saturated rings. The molecule has 1 aromatic carbocycles. The van der Waals surface area contributed by atoms with E-state index in [-0.39, 0.29) is 18.8 Å². The summed E-state index contributed by atoms with van der Waals surface area (Å²) in [5.41, 5.74) is 0.465. The lowest BCUT2D eigenvalue weighted by Crippen LogP contribution is -2.21. The van der Waals surface area contributed by atoms with Gasteiger partial charge in [0, 0.05) is 12.8 Å². The van der Waals surface area contributed by atoms with Crippen molar-refractivity contribution in [2.45, 2.75) is 24.7 Å². The van der Waals surface area contributed by atoms with E-state index < -0.39 is 11.6 Å². The van der Waals surface area contributed by atoms with Crippen LogP contribution in [0.25, 0.3) is 0 Å². The largest absolute Gasteiger partial charge is 0.411 e. The Morgan fingerprint density at radius 3 is 2.47 bits per heavy atom. The van der Waals surface area contributed by atoms with Crippen molar-refractivity contribution >= 4 is 5.71 Å². The highest BCUT2D eigenvalue weighted by atomic mass is 19.3. The fourth-order valence-corrected chi connectivity index (χ4v) is 1.96. The highest BCUT2D eigenvalue weighted by molar-refractivity contribution is 5.93. The Bertz CT molecular complexity index is 375. The summed E-state index contributed by atoms with van der Waals surface area (Å²) in [6.07, 6.45) is -0.135. The smallest absolute Gasteiger partial charge is 0.289 e. The Morgan fingerprint density at radius 2 is 1.93 bits per heavy atom. The third-order valence-corrected chi connectivity index (χ3v) is 2.76. The molecule has 0 spiro atoms. The lowest BCUT2D eigenvalue weighted by molar-refractivity contribution is 0.0724. The summed E-state index contributed by atoms with van der Waals surface area (Å²) in [6, 6.07) is 9.13. The van der Waals surface area contributed by atoms with Crippen molar-refractivity contribution in [2.24, 2.45) is 5.16 Å². The third kappa shape index (κ3) is 1.84. The summed E-state index contributed by atoms with van der Waals surface area (Å²) in [5, 5.41) is 11.2.